The molecule has 1 amide bonds. The van der Waals surface area contributed by atoms with Gasteiger partial charge < -0.3 is 39.4 Å². The summed E-state index contributed by atoms with van der Waals surface area (Å²) < 4.78 is 16.9. The Morgan fingerprint density at radius 2 is 1.59 bits per heavy atom. The molecule has 0 bridgehead atoms. The SMILES string of the molecule is CCN(CC)CCNC(=O)C1=C(C)CC(/C=C2\C(=O)Cc3ccc(OC(=O)[C@H](C)OC(=O)CCC(=O)O[C@@H](CCc4ccccc4)CC[C@@H]4[C@@H](C/C=C\CCCC(C)=O)[C@@H](O)C[C@H]4O)cc32)=C1C. The van der Waals surface area contributed by atoms with Crippen LogP contribution >= 0.6 is 0 Å². The van der Waals surface area contributed by atoms with Crippen LogP contribution in [0.5, 0.6) is 5.75 Å². The van der Waals surface area contributed by atoms with Crippen LogP contribution in [0.25, 0.3) is 5.57 Å². The number of likely N-dealkylation sites (N-methyl/N-ethyl adjacent to an activating group) is 1. The molecule has 3 aliphatic carbocycles. The topological polar surface area (TPSA) is 186 Å². The number of aliphatic hydroxyl groups is 2. The minimum Gasteiger partial charge on any atom is -0.462 e. The third-order valence-corrected chi connectivity index (χ3v) is 13.5. The molecule has 3 N–H and O–H groups in total. The molecule has 0 radical (unpaired) electrons. The summed E-state index contributed by atoms with van der Waals surface area (Å²) in [5.41, 5.74) is 6.22. The first-order chi connectivity index (χ1) is 32.6. The van der Waals surface area contributed by atoms with Crippen LogP contribution in [0.3, 0.4) is 0 Å². The zero-order valence-corrected chi connectivity index (χ0v) is 40.9. The highest BCUT2D eigenvalue weighted by molar-refractivity contribution is 6.26. The lowest BCUT2D eigenvalue weighted by molar-refractivity contribution is -0.162. The molecule has 5 rings (SSSR count). The minimum atomic E-state index is -1.30. The van der Waals surface area contributed by atoms with Gasteiger partial charge in [-0.05, 0) is 156 Å². The van der Waals surface area contributed by atoms with E-state index in [2.05, 4.69) is 24.1 Å². The van der Waals surface area contributed by atoms with E-state index < -0.39 is 42.3 Å². The van der Waals surface area contributed by atoms with Gasteiger partial charge in [0.1, 0.15) is 17.6 Å². The molecule has 0 unspecified atom stereocenters. The Labute approximate surface area is 402 Å². The maximum Gasteiger partial charge on any atom is 0.352 e. The molecule has 2 aromatic carbocycles. The predicted molar refractivity (Wildman–Crippen MR) is 260 cm³/mol. The summed E-state index contributed by atoms with van der Waals surface area (Å²) in [6.45, 7) is 14.1. The smallest absolute Gasteiger partial charge is 0.352 e. The monoisotopic (exact) mass is 937 g/mol. The van der Waals surface area contributed by atoms with Crippen molar-refractivity contribution in [2.45, 2.75) is 149 Å². The second kappa shape index (κ2) is 26.3. The number of nitrogens with zero attached hydrogens (tertiary/aromatic N) is 1. The average Bonchev–Trinajstić information content (AvgIpc) is 3.88. The van der Waals surface area contributed by atoms with E-state index in [1.807, 2.05) is 62.4 Å². The van der Waals surface area contributed by atoms with Gasteiger partial charge >= 0.3 is 17.9 Å². The largest absolute Gasteiger partial charge is 0.462 e. The number of carbonyl (C=O) groups excluding carboxylic acids is 6. The van der Waals surface area contributed by atoms with E-state index in [4.69, 9.17) is 14.2 Å². The summed E-state index contributed by atoms with van der Waals surface area (Å²) >= 11 is 0. The Bertz CT molecular complexity index is 2240. The summed E-state index contributed by atoms with van der Waals surface area (Å²) in [6.07, 6.45) is 7.94. The second-order valence-electron chi connectivity index (χ2n) is 18.5. The first kappa shape index (κ1) is 53.5. The molecule has 0 saturated heterocycles. The van der Waals surface area contributed by atoms with Crippen molar-refractivity contribution in [2.75, 3.05) is 26.2 Å². The molecule has 13 nitrogen and oxygen atoms in total. The van der Waals surface area contributed by atoms with Crippen LogP contribution in [0.1, 0.15) is 129 Å². The molecule has 1 fully saturated rings. The van der Waals surface area contributed by atoms with E-state index in [0.29, 0.717) is 68.2 Å². The lowest BCUT2D eigenvalue weighted by Crippen LogP contribution is -2.35. The molecule has 368 valence electrons. The molecular formula is C55H72N2O11. The van der Waals surface area contributed by atoms with E-state index in [-0.39, 0.29) is 60.7 Å². The number of fused-ring (bicyclic) bond motifs is 1. The highest BCUT2D eigenvalue weighted by Crippen LogP contribution is 2.40. The minimum absolute atomic E-state index is 0.0822. The van der Waals surface area contributed by atoms with Crippen LogP contribution < -0.4 is 10.1 Å². The summed E-state index contributed by atoms with van der Waals surface area (Å²) in [6, 6.07) is 14.8. The number of amides is 1. The third kappa shape index (κ3) is 15.5. The zero-order valence-electron chi connectivity index (χ0n) is 40.9. The molecule has 2 aromatic rings. The summed E-state index contributed by atoms with van der Waals surface area (Å²) in [4.78, 5) is 79.3. The van der Waals surface area contributed by atoms with Crippen molar-refractivity contribution in [3.8, 4) is 5.75 Å². The second-order valence-corrected chi connectivity index (χ2v) is 18.5. The van der Waals surface area contributed by atoms with E-state index >= 15 is 0 Å². The number of hydrogen-bond acceptors (Lipinski definition) is 12. The van der Waals surface area contributed by atoms with Gasteiger partial charge in [0, 0.05) is 37.1 Å². The van der Waals surface area contributed by atoms with Crippen LogP contribution in [0.15, 0.2) is 89.1 Å². The number of ether oxygens (including phenoxy) is 3. The van der Waals surface area contributed by atoms with Crippen molar-refractivity contribution in [1.29, 1.82) is 0 Å². The Balaban J connectivity index is 1.13. The van der Waals surface area contributed by atoms with E-state index in [1.54, 1.807) is 25.1 Å². The van der Waals surface area contributed by atoms with Crippen LogP contribution in [0.2, 0.25) is 0 Å². The molecule has 1 saturated carbocycles. The first-order valence-electron chi connectivity index (χ1n) is 24.5. The molecular weight excluding hydrogens is 865 g/mol. The van der Waals surface area contributed by atoms with Crippen molar-refractivity contribution in [2.24, 2.45) is 11.8 Å². The summed E-state index contributed by atoms with van der Waals surface area (Å²) in [5, 5.41) is 24.8. The standard InChI is InChI=1S/C55H72N2O11/c1-7-57(8-2)29-28-56-54(64)53-35(3)30-41(37(53)5)31-47-46-33-43(23-21-40(46)32-48(47)59)68-55(65)38(6)66-51(62)26-27-52(63)67-42(22-20-39-17-13-11-14-18-39)24-25-45-44(49(60)34-50(45)61)19-15-10-9-12-16-36(4)58/h10-11,13-15,17-18,21,23,31,33,38,42,44-45,49-50,60-61H,7-9,12,16,19-20,22,24-30,32,34H2,1-6H3,(H,56,64)/b15-10-,47-31-/t38-,42-,44+,45+,49-,50+/m0/s1. The molecule has 0 aromatic heterocycles. The molecule has 13 heteroatoms. The first-order valence-corrected chi connectivity index (χ1v) is 24.5. The summed E-state index contributed by atoms with van der Waals surface area (Å²) in [5.74, 6) is -2.44. The Morgan fingerprint density at radius 3 is 2.29 bits per heavy atom. The van der Waals surface area contributed by atoms with Gasteiger partial charge in [-0.1, -0.05) is 68.0 Å². The molecule has 0 heterocycles. The Morgan fingerprint density at radius 1 is 0.882 bits per heavy atom. The van der Waals surface area contributed by atoms with Gasteiger partial charge in [-0.3, -0.25) is 19.2 Å². The van der Waals surface area contributed by atoms with Crippen molar-refractivity contribution in [3.63, 3.8) is 0 Å². The number of hydrogen-bond donors (Lipinski definition) is 3. The van der Waals surface area contributed by atoms with Crippen molar-refractivity contribution in [1.82, 2.24) is 10.2 Å². The molecule has 0 spiro atoms. The van der Waals surface area contributed by atoms with Crippen molar-refractivity contribution >= 4 is 41.0 Å². The number of carbonyl (C=O) groups is 6. The van der Waals surface area contributed by atoms with E-state index in [9.17, 15) is 39.0 Å². The van der Waals surface area contributed by atoms with Gasteiger partial charge in [0.15, 0.2) is 11.9 Å². The molecule has 3 aliphatic rings. The fourth-order valence-electron chi connectivity index (χ4n) is 9.55. The van der Waals surface area contributed by atoms with Gasteiger partial charge in [-0.25, -0.2) is 4.79 Å². The van der Waals surface area contributed by atoms with Crippen LogP contribution in [0, 0.1) is 11.8 Å². The third-order valence-electron chi connectivity index (χ3n) is 13.5. The number of aliphatic hydroxyl groups excluding tert-OH is 2. The molecule has 68 heavy (non-hydrogen) atoms. The lowest BCUT2D eigenvalue weighted by Gasteiger charge is -2.25. The average molecular weight is 937 g/mol. The quantitative estimate of drug-likeness (QED) is 0.0275. The Hall–Kier alpha value is -5.50. The lowest BCUT2D eigenvalue weighted by atomic mass is 9.85. The summed E-state index contributed by atoms with van der Waals surface area (Å²) in [7, 11) is 0. The number of rotatable bonds is 26. The van der Waals surface area contributed by atoms with E-state index in [0.717, 1.165) is 60.3 Å². The highest BCUT2D eigenvalue weighted by atomic mass is 16.6. The fraction of sp³-hybridized carbons (Fsp3) is 0.527. The van der Waals surface area contributed by atoms with Gasteiger partial charge in [0.05, 0.1) is 25.0 Å². The number of ketones is 2. The molecule has 0 aliphatic heterocycles. The van der Waals surface area contributed by atoms with Gasteiger partial charge in [-0.15, -0.1) is 0 Å². The number of benzene rings is 2. The van der Waals surface area contributed by atoms with Gasteiger partial charge in [0.2, 0.25) is 0 Å². The maximum atomic E-state index is 13.3. The van der Waals surface area contributed by atoms with Crippen molar-refractivity contribution in [3.05, 3.63) is 106 Å². The van der Waals surface area contributed by atoms with E-state index in [1.165, 1.54) is 6.92 Å². The Kier molecular flexibility index (Phi) is 20.7. The van der Waals surface area contributed by atoms with Crippen LogP contribution in [-0.4, -0.2) is 101 Å². The van der Waals surface area contributed by atoms with Gasteiger partial charge in [-0.2, -0.15) is 0 Å². The number of aryl methyl sites for hydroxylation is 1. The number of nitrogens with one attached hydrogen (secondary N) is 1. The molecule has 6 atom stereocenters. The number of esters is 3. The number of unbranched alkanes of at least 4 members (excludes halogenated alkanes) is 1. The highest BCUT2D eigenvalue weighted by Gasteiger charge is 2.41. The predicted octanol–water partition coefficient (Wildman–Crippen LogP) is 7.70. The zero-order chi connectivity index (χ0) is 49.3. The van der Waals surface area contributed by atoms with Crippen LogP contribution in [0.4, 0.5) is 0 Å². The van der Waals surface area contributed by atoms with Gasteiger partial charge in [0.25, 0.3) is 5.91 Å². The number of Topliss-reactive ketones (excluding diaryl/α,β-unsaturated/α-hetero) is 2. The normalized spacial score (nSPS) is 20.6. The fourth-order valence-corrected chi connectivity index (χ4v) is 9.55. The van der Waals surface area contributed by atoms with Crippen molar-refractivity contribution < 1.29 is 53.2 Å². The maximum absolute atomic E-state index is 13.3. The number of allylic oxidation sites excluding steroid dienone is 6. The van der Waals surface area contributed by atoms with Crippen LogP contribution in [-0.2, 0) is 51.1 Å².